The van der Waals surface area contributed by atoms with Gasteiger partial charge in [-0.1, -0.05) is 35.3 Å². The highest BCUT2D eigenvalue weighted by Crippen LogP contribution is 2.24. The Balaban J connectivity index is 1.69. The number of halogens is 3. The van der Waals surface area contributed by atoms with E-state index in [2.05, 4.69) is 10.3 Å². The minimum atomic E-state index is -0.490. The molecule has 0 bridgehead atoms. The Kier molecular flexibility index (Phi) is 5.14. The first-order valence-corrected chi connectivity index (χ1v) is 8.54. The molecule has 0 spiro atoms. The second-order valence-electron chi connectivity index (χ2n) is 5.01. The SMILES string of the molecule is O=C(Nc1ncc(Cc2ccc(Cl)cc2)s1)c1ccc(F)cc1Cl. The van der Waals surface area contributed by atoms with Crippen LogP contribution in [0.5, 0.6) is 0 Å². The van der Waals surface area contributed by atoms with Gasteiger partial charge in [0.25, 0.3) is 5.91 Å². The minimum Gasteiger partial charge on any atom is -0.298 e. The molecule has 1 heterocycles. The second-order valence-corrected chi connectivity index (χ2v) is 6.97. The van der Waals surface area contributed by atoms with Gasteiger partial charge in [-0.05, 0) is 35.9 Å². The highest BCUT2D eigenvalue weighted by Gasteiger charge is 2.13. The zero-order chi connectivity index (χ0) is 17.1. The lowest BCUT2D eigenvalue weighted by molar-refractivity contribution is 0.102. The number of amides is 1. The highest BCUT2D eigenvalue weighted by atomic mass is 35.5. The summed E-state index contributed by atoms with van der Waals surface area (Å²) in [5.41, 5.74) is 1.30. The summed E-state index contributed by atoms with van der Waals surface area (Å²) in [6.07, 6.45) is 2.41. The van der Waals surface area contributed by atoms with E-state index < -0.39 is 11.7 Å². The van der Waals surface area contributed by atoms with Gasteiger partial charge in [0.2, 0.25) is 0 Å². The number of carbonyl (C=O) groups excluding carboxylic acids is 1. The molecule has 7 heteroatoms. The van der Waals surface area contributed by atoms with Crippen LogP contribution >= 0.6 is 34.5 Å². The van der Waals surface area contributed by atoms with Crippen molar-refractivity contribution >= 4 is 45.6 Å². The molecule has 122 valence electrons. The van der Waals surface area contributed by atoms with E-state index in [9.17, 15) is 9.18 Å². The van der Waals surface area contributed by atoms with Gasteiger partial charge in [-0.3, -0.25) is 10.1 Å². The molecule has 0 aliphatic rings. The van der Waals surface area contributed by atoms with Gasteiger partial charge in [0.05, 0.1) is 10.6 Å². The lowest BCUT2D eigenvalue weighted by Crippen LogP contribution is -2.12. The number of hydrogen-bond acceptors (Lipinski definition) is 3. The molecule has 0 aliphatic heterocycles. The Labute approximate surface area is 152 Å². The first-order chi connectivity index (χ1) is 11.5. The van der Waals surface area contributed by atoms with Crippen LogP contribution in [-0.2, 0) is 6.42 Å². The van der Waals surface area contributed by atoms with E-state index in [0.717, 1.165) is 16.5 Å². The molecule has 0 fully saturated rings. The third-order valence-corrected chi connectivity index (χ3v) is 4.72. The largest absolute Gasteiger partial charge is 0.298 e. The summed E-state index contributed by atoms with van der Waals surface area (Å²) in [5.74, 6) is -0.913. The Morgan fingerprint density at radius 1 is 1.17 bits per heavy atom. The van der Waals surface area contributed by atoms with Crippen molar-refractivity contribution in [2.45, 2.75) is 6.42 Å². The van der Waals surface area contributed by atoms with Gasteiger partial charge < -0.3 is 0 Å². The molecule has 3 nitrogen and oxygen atoms in total. The molecule has 0 unspecified atom stereocenters. The molecule has 2 aromatic carbocycles. The molecule has 0 saturated heterocycles. The summed E-state index contributed by atoms with van der Waals surface area (Å²) in [6.45, 7) is 0. The van der Waals surface area contributed by atoms with Gasteiger partial charge in [0.15, 0.2) is 5.13 Å². The fourth-order valence-corrected chi connectivity index (χ4v) is 3.31. The third kappa shape index (κ3) is 4.12. The smallest absolute Gasteiger partial charge is 0.258 e. The van der Waals surface area contributed by atoms with Crippen molar-refractivity contribution in [2.75, 3.05) is 5.32 Å². The Bertz CT molecular complexity index is 881. The fourth-order valence-electron chi connectivity index (χ4n) is 2.09. The van der Waals surface area contributed by atoms with E-state index in [-0.39, 0.29) is 10.6 Å². The quantitative estimate of drug-likeness (QED) is 0.655. The molecule has 1 N–H and O–H groups in total. The Morgan fingerprint density at radius 2 is 1.92 bits per heavy atom. The van der Waals surface area contributed by atoms with Crippen molar-refractivity contribution in [3.63, 3.8) is 0 Å². The van der Waals surface area contributed by atoms with Crippen LogP contribution in [0.25, 0.3) is 0 Å². The van der Waals surface area contributed by atoms with E-state index in [1.165, 1.54) is 23.5 Å². The van der Waals surface area contributed by atoms with E-state index >= 15 is 0 Å². The predicted octanol–water partition coefficient (Wildman–Crippen LogP) is 5.43. The van der Waals surface area contributed by atoms with Gasteiger partial charge in [0.1, 0.15) is 5.82 Å². The van der Waals surface area contributed by atoms with Crippen LogP contribution in [0.15, 0.2) is 48.7 Å². The van der Waals surface area contributed by atoms with Gasteiger partial charge in [0, 0.05) is 22.5 Å². The fraction of sp³-hybridized carbons (Fsp3) is 0.0588. The number of nitrogens with zero attached hydrogens (tertiary/aromatic N) is 1. The molecule has 1 amide bonds. The van der Waals surface area contributed by atoms with Crippen molar-refractivity contribution < 1.29 is 9.18 Å². The van der Waals surface area contributed by atoms with Crippen molar-refractivity contribution in [2.24, 2.45) is 0 Å². The molecular formula is C17H11Cl2FN2OS. The lowest BCUT2D eigenvalue weighted by Gasteiger charge is -2.03. The molecule has 0 atom stereocenters. The first-order valence-electron chi connectivity index (χ1n) is 6.97. The normalized spacial score (nSPS) is 10.6. The zero-order valence-corrected chi connectivity index (χ0v) is 14.6. The average Bonchev–Trinajstić information content (AvgIpc) is 2.96. The summed E-state index contributed by atoms with van der Waals surface area (Å²) in [5, 5.41) is 3.88. The van der Waals surface area contributed by atoms with Gasteiger partial charge in [-0.25, -0.2) is 9.37 Å². The number of carbonyl (C=O) groups is 1. The number of rotatable bonds is 4. The van der Waals surface area contributed by atoms with Crippen molar-refractivity contribution in [1.29, 1.82) is 0 Å². The van der Waals surface area contributed by atoms with E-state index in [4.69, 9.17) is 23.2 Å². The molecule has 1 aromatic heterocycles. The van der Waals surface area contributed by atoms with Gasteiger partial charge >= 0.3 is 0 Å². The van der Waals surface area contributed by atoms with E-state index in [1.807, 2.05) is 24.3 Å². The monoisotopic (exact) mass is 380 g/mol. The third-order valence-electron chi connectivity index (χ3n) is 3.24. The van der Waals surface area contributed by atoms with Crippen LogP contribution < -0.4 is 5.32 Å². The van der Waals surface area contributed by atoms with Gasteiger partial charge in [-0.2, -0.15) is 0 Å². The number of nitrogens with one attached hydrogen (secondary N) is 1. The van der Waals surface area contributed by atoms with Crippen molar-refractivity contribution in [1.82, 2.24) is 4.98 Å². The number of aromatic nitrogens is 1. The molecule has 3 aromatic rings. The van der Waals surface area contributed by atoms with Crippen molar-refractivity contribution in [3.05, 3.63) is 80.5 Å². The summed E-state index contributed by atoms with van der Waals surface area (Å²) in [6, 6.07) is 11.2. The summed E-state index contributed by atoms with van der Waals surface area (Å²) in [7, 11) is 0. The summed E-state index contributed by atoms with van der Waals surface area (Å²) < 4.78 is 13.0. The topological polar surface area (TPSA) is 42.0 Å². The standard InChI is InChI=1S/C17H11Cl2FN2OS/c18-11-3-1-10(2-4-11)7-13-9-21-17(24-13)22-16(23)14-6-5-12(20)8-15(14)19/h1-6,8-9H,7H2,(H,21,22,23). The second kappa shape index (κ2) is 7.30. The Morgan fingerprint density at radius 3 is 2.62 bits per heavy atom. The molecule has 0 aliphatic carbocycles. The maximum Gasteiger partial charge on any atom is 0.258 e. The summed E-state index contributed by atoms with van der Waals surface area (Å²) >= 11 is 13.1. The van der Waals surface area contributed by atoms with Crippen LogP contribution in [0, 0.1) is 5.82 Å². The van der Waals surface area contributed by atoms with E-state index in [1.54, 1.807) is 6.20 Å². The zero-order valence-electron chi connectivity index (χ0n) is 12.2. The molecule has 0 radical (unpaired) electrons. The van der Waals surface area contributed by atoms with Crippen LogP contribution in [0.2, 0.25) is 10.0 Å². The maximum atomic E-state index is 13.0. The van der Waals surface area contributed by atoms with E-state index in [0.29, 0.717) is 16.6 Å². The van der Waals surface area contributed by atoms with Crippen LogP contribution in [-0.4, -0.2) is 10.9 Å². The predicted molar refractivity (Wildman–Crippen MR) is 95.7 cm³/mol. The molecular weight excluding hydrogens is 370 g/mol. The van der Waals surface area contributed by atoms with Crippen LogP contribution in [0.4, 0.5) is 9.52 Å². The molecule has 3 rings (SSSR count). The average molecular weight is 381 g/mol. The minimum absolute atomic E-state index is 0.0606. The molecule has 24 heavy (non-hydrogen) atoms. The van der Waals surface area contributed by atoms with Crippen LogP contribution in [0.1, 0.15) is 20.8 Å². The molecule has 0 saturated carbocycles. The lowest BCUT2D eigenvalue weighted by atomic mass is 10.1. The number of thiazole rings is 1. The number of hydrogen-bond donors (Lipinski definition) is 1. The number of benzene rings is 2. The maximum absolute atomic E-state index is 13.0. The van der Waals surface area contributed by atoms with Crippen LogP contribution in [0.3, 0.4) is 0 Å². The first kappa shape index (κ1) is 16.9. The summed E-state index contributed by atoms with van der Waals surface area (Å²) in [4.78, 5) is 17.4. The highest BCUT2D eigenvalue weighted by molar-refractivity contribution is 7.15. The van der Waals surface area contributed by atoms with Crippen molar-refractivity contribution in [3.8, 4) is 0 Å². The number of anilines is 1. The van der Waals surface area contributed by atoms with Gasteiger partial charge in [-0.15, -0.1) is 11.3 Å². The Hall–Kier alpha value is -1.95.